The van der Waals surface area contributed by atoms with Crippen molar-refractivity contribution in [2.45, 2.75) is 92.2 Å². The summed E-state index contributed by atoms with van der Waals surface area (Å²) in [4.78, 5) is 87.2. The molecular formula is C34H49N5O8. The van der Waals surface area contributed by atoms with Crippen LogP contribution in [-0.4, -0.2) is 65.4 Å². The van der Waals surface area contributed by atoms with Crippen LogP contribution in [0, 0.1) is 17.3 Å². The molecule has 2 atom stereocenters. The maximum Gasteiger partial charge on any atom is 0.312 e. The summed E-state index contributed by atoms with van der Waals surface area (Å²) in [5, 5.41) is 8.14. The highest BCUT2D eigenvalue weighted by atomic mass is 16.5. The second-order valence-electron chi connectivity index (χ2n) is 13.1. The SMILES string of the molecule is CC(C)[C@@H](NC(=O)CCCCCN1C(=O)C=CC1=O)C(=O)C[C@H](CCCNC(N)=O)C(=O)Nc1ccc(COC(=O)C(C)(C)C)cc1. The molecule has 0 saturated heterocycles. The van der Waals surface area contributed by atoms with Crippen molar-refractivity contribution < 1.29 is 38.3 Å². The zero-order valence-corrected chi connectivity index (χ0v) is 28.1. The molecular weight excluding hydrogens is 606 g/mol. The summed E-state index contributed by atoms with van der Waals surface area (Å²) in [6.45, 7) is 9.54. The Kier molecular flexibility index (Phi) is 15.3. The van der Waals surface area contributed by atoms with Crippen LogP contribution in [0.1, 0.15) is 85.1 Å². The van der Waals surface area contributed by atoms with Gasteiger partial charge in [0.15, 0.2) is 5.78 Å². The van der Waals surface area contributed by atoms with E-state index >= 15 is 0 Å². The van der Waals surface area contributed by atoms with Gasteiger partial charge in [-0.2, -0.15) is 0 Å². The summed E-state index contributed by atoms with van der Waals surface area (Å²) in [5.74, 6) is -2.94. The molecule has 1 heterocycles. The van der Waals surface area contributed by atoms with Gasteiger partial charge in [0.2, 0.25) is 11.8 Å². The summed E-state index contributed by atoms with van der Waals surface area (Å²) in [7, 11) is 0. The van der Waals surface area contributed by atoms with Gasteiger partial charge in [-0.15, -0.1) is 0 Å². The van der Waals surface area contributed by atoms with Crippen LogP contribution >= 0.6 is 0 Å². The van der Waals surface area contributed by atoms with Gasteiger partial charge in [0.25, 0.3) is 11.8 Å². The number of unbranched alkanes of at least 4 members (excludes halogenated alkanes) is 2. The van der Waals surface area contributed by atoms with E-state index in [9.17, 15) is 33.6 Å². The number of primary amides is 1. The molecule has 0 aliphatic carbocycles. The molecule has 0 spiro atoms. The highest BCUT2D eigenvalue weighted by Gasteiger charge is 2.30. The molecule has 0 saturated carbocycles. The van der Waals surface area contributed by atoms with E-state index < -0.39 is 23.4 Å². The molecule has 47 heavy (non-hydrogen) atoms. The molecule has 258 valence electrons. The van der Waals surface area contributed by atoms with Crippen molar-refractivity contribution in [2.24, 2.45) is 23.0 Å². The number of nitrogens with zero attached hydrogens (tertiary/aromatic N) is 1. The van der Waals surface area contributed by atoms with Crippen LogP contribution in [0.5, 0.6) is 0 Å². The molecule has 0 radical (unpaired) electrons. The first-order chi connectivity index (χ1) is 22.1. The number of carbonyl (C=O) groups is 7. The second kappa shape index (κ2) is 18.6. The fourth-order valence-corrected chi connectivity index (χ4v) is 4.80. The van der Waals surface area contributed by atoms with E-state index in [1.54, 1.807) is 45.0 Å². The van der Waals surface area contributed by atoms with Gasteiger partial charge in [0.05, 0.1) is 11.5 Å². The first-order valence-corrected chi connectivity index (χ1v) is 16.0. The highest BCUT2D eigenvalue weighted by molar-refractivity contribution is 6.12. The minimum atomic E-state index is -0.803. The maximum absolute atomic E-state index is 13.5. The normalized spacial score (nSPS) is 14.1. The Morgan fingerprint density at radius 2 is 1.55 bits per heavy atom. The number of imide groups is 1. The Hall–Kier alpha value is -4.55. The number of urea groups is 1. The summed E-state index contributed by atoms with van der Waals surface area (Å²) in [5.41, 5.74) is 5.77. The highest BCUT2D eigenvalue weighted by Crippen LogP contribution is 2.21. The average molecular weight is 656 g/mol. The number of nitrogens with two attached hydrogens (primary N) is 1. The number of ether oxygens (including phenoxy) is 1. The van der Waals surface area contributed by atoms with Gasteiger partial charge in [-0.25, -0.2) is 4.79 Å². The van der Waals surface area contributed by atoms with Crippen molar-refractivity contribution in [3.8, 4) is 0 Å². The van der Waals surface area contributed by atoms with Crippen molar-refractivity contribution >= 4 is 47.1 Å². The van der Waals surface area contributed by atoms with Crippen LogP contribution in [0.3, 0.4) is 0 Å². The molecule has 5 N–H and O–H groups in total. The number of esters is 1. The predicted octanol–water partition coefficient (Wildman–Crippen LogP) is 3.36. The van der Waals surface area contributed by atoms with Crippen molar-refractivity contribution in [1.29, 1.82) is 0 Å². The molecule has 13 heteroatoms. The van der Waals surface area contributed by atoms with Gasteiger partial charge in [0.1, 0.15) is 6.61 Å². The Balaban J connectivity index is 1.95. The van der Waals surface area contributed by atoms with E-state index in [0.29, 0.717) is 31.4 Å². The molecule has 6 amide bonds. The number of ketones is 1. The number of nitrogens with one attached hydrogen (secondary N) is 3. The van der Waals surface area contributed by atoms with Crippen molar-refractivity contribution in [1.82, 2.24) is 15.5 Å². The topological polar surface area (TPSA) is 194 Å². The number of carbonyl (C=O) groups excluding carboxylic acids is 7. The predicted molar refractivity (Wildman–Crippen MR) is 175 cm³/mol. The third kappa shape index (κ3) is 13.8. The standard InChI is InChI=1S/C34H49N5O8/c1-22(2)30(38-27(41)11-7-6-8-19-39-28(42)16-17-29(39)43)26(40)20-24(10-9-18-36-33(35)46)31(44)37-25-14-12-23(13-15-25)21-47-32(45)34(3,4)5/h12-17,22,24,30H,6-11,18-21H2,1-5H3,(H,37,44)(H,38,41)(H3,35,36,46)/t24-,30+/m0/s1. The molecule has 13 nitrogen and oxygen atoms in total. The van der Waals surface area contributed by atoms with Gasteiger partial charge in [-0.3, -0.25) is 33.7 Å². The molecule has 1 aliphatic heterocycles. The van der Waals surface area contributed by atoms with E-state index in [-0.39, 0.29) is 80.3 Å². The Bertz CT molecular complexity index is 1300. The van der Waals surface area contributed by atoms with Crippen molar-refractivity contribution in [2.75, 3.05) is 18.4 Å². The fourth-order valence-electron chi connectivity index (χ4n) is 4.80. The number of hydrogen-bond donors (Lipinski definition) is 4. The average Bonchev–Trinajstić information content (AvgIpc) is 3.32. The Morgan fingerprint density at radius 1 is 0.915 bits per heavy atom. The quantitative estimate of drug-likeness (QED) is 0.0989. The van der Waals surface area contributed by atoms with Crippen molar-refractivity contribution in [3.63, 3.8) is 0 Å². The summed E-state index contributed by atoms with van der Waals surface area (Å²) >= 11 is 0. The summed E-state index contributed by atoms with van der Waals surface area (Å²) in [6, 6.07) is 5.34. The monoisotopic (exact) mass is 655 g/mol. The summed E-state index contributed by atoms with van der Waals surface area (Å²) in [6.07, 6.45) is 4.90. The molecule has 0 aromatic heterocycles. The zero-order valence-electron chi connectivity index (χ0n) is 28.1. The minimum Gasteiger partial charge on any atom is -0.460 e. The number of amides is 6. The molecule has 1 aliphatic rings. The van der Waals surface area contributed by atoms with Crippen LogP contribution < -0.4 is 21.7 Å². The third-order valence-electron chi connectivity index (χ3n) is 7.57. The molecule has 0 bridgehead atoms. The van der Waals surface area contributed by atoms with Crippen molar-refractivity contribution in [3.05, 3.63) is 42.0 Å². The molecule has 1 aromatic carbocycles. The van der Waals surface area contributed by atoms with Gasteiger partial charge >= 0.3 is 12.0 Å². The molecule has 0 unspecified atom stereocenters. The lowest BCUT2D eigenvalue weighted by molar-refractivity contribution is -0.154. The first kappa shape index (κ1) is 38.6. The summed E-state index contributed by atoms with van der Waals surface area (Å²) < 4.78 is 5.34. The van der Waals surface area contributed by atoms with E-state index in [0.717, 1.165) is 10.5 Å². The smallest absolute Gasteiger partial charge is 0.312 e. The van der Waals surface area contributed by atoms with Crippen LogP contribution in [0.15, 0.2) is 36.4 Å². The van der Waals surface area contributed by atoms with E-state index in [1.807, 2.05) is 13.8 Å². The van der Waals surface area contributed by atoms with Crippen LogP contribution in [-0.2, 0) is 40.1 Å². The van der Waals surface area contributed by atoms with Crippen LogP contribution in [0.2, 0.25) is 0 Å². The first-order valence-electron chi connectivity index (χ1n) is 16.0. The van der Waals surface area contributed by atoms with Gasteiger partial charge in [0, 0.05) is 49.7 Å². The van der Waals surface area contributed by atoms with Gasteiger partial charge in [-0.05, 0) is 70.1 Å². The Morgan fingerprint density at radius 3 is 2.13 bits per heavy atom. The van der Waals surface area contributed by atoms with Gasteiger partial charge in [-0.1, -0.05) is 32.4 Å². The third-order valence-corrected chi connectivity index (χ3v) is 7.57. The van der Waals surface area contributed by atoms with Crippen LogP contribution in [0.25, 0.3) is 0 Å². The lowest BCUT2D eigenvalue weighted by Crippen LogP contribution is -2.45. The molecule has 1 aromatic rings. The number of anilines is 1. The molecule has 2 rings (SSSR count). The van der Waals surface area contributed by atoms with Crippen LogP contribution in [0.4, 0.5) is 10.5 Å². The molecule has 0 fully saturated rings. The zero-order chi connectivity index (χ0) is 35.1. The van der Waals surface area contributed by atoms with E-state index in [2.05, 4.69) is 16.0 Å². The Labute approximate surface area is 276 Å². The maximum atomic E-state index is 13.5. The number of hydrogen-bond acceptors (Lipinski definition) is 8. The number of rotatable bonds is 19. The lowest BCUT2D eigenvalue weighted by Gasteiger charge is -2.24. The lowest BCUT2D eigenvalue weighted by atomic mass is 9.89. The minimum absolute atomic E-state index is 0.0922. The second-order valence-corrected chi connectivity index (χ2v) is 13.1. The largest absolute Gasteiger partial charge is 0.460 e. The number of Topliss-reactive ketones (excluding diaryl/α,β-unsaturated/α-hetero) is 1. The fraction of sp³-hybridized carbons (Fsp3) is 0.559. The van der Waals surface area contributed by atoms with Gasteiger partial charge < -0.3 is 26.4 Å². The van der Waals surface area contributed by atoms with E-state index in [1.165, 1.54) is 12.2 Å². The number of benzene rings is 1. The van der Waals surface area contributed by atoms with E-state index in [4.69, 9.17) is 10.5 Å².